The van der Waals surface area contributed by atoms with Crippen molar-refractivity contribution in [1.29, 1.82) is 0 Å². The lowest BCUT2D eigenvalue weighted by Gasteiger charge is -2.04. The van der Waals surface area contributed by atoms with E-state index in [0.717, 1.165) is 11.1 Å². The standard InChI is InChI=1S/C16H15N3O3/c1-11-5-3-6-13(9-11)10-17-18-16(20)14-7-4-8-15(12(14)2)19(21)22/h3-10H,1-2H3,(H,18,20)/b17-10-. The summed E-state index contributed by atoms with van der Waals surface area (Å²) in [7, 11) is 0. The molecule has 1 amide bonds. The molecule has 0 aliphatic rings. The molecule has 0 unspecified atom stereocenters. The Kier molecular flexibility index (Phi) is 4.63. The molecule has 0 aromatic heterocycles. The Morgan fingerprint density at radius 3 is 2.64 bits per heavy atom. The third-order valence-corrected chi connectivity index (χ3v) is 3.17. The van der Waals surface area contributed by atoms with Crippen molar-refractivity contribution in [2.45, 2.75) is 13.8 Å². The van der Waals surface area contributed by atoms with Crippen LogP contribution in [-0.4, -0.2) is 17.0 Å². The number of nitrogens with zero attached hydrogens (tertiary/aromatic N) is 2. The summed E-state index contributed by atoms with van der Waals surface area (Å²) >= 11 is 0. The van der Waals surface area contributed by atoms with Gasteiger partial charge in [0.05, 0.1) is 16.7 Å². The third kappa shape index (κ3) is 3.54. The molecule has 2 aromatic carbocycles. The Morgan fingerprint density at radius 1 is 1.23 bits per heavy atom. The van der Waals surface area contributed by atoms with Gasteiger partial charge in [0.25, 0.3) is 11.6 Å². The van der Waals surface area contributed by atoms with E-state index < -0.39 is 10.8 Å². The molecule has 0 atom stereocenters. The van der Waals surface area contributed by atoms with E-state index in [1.54, 1.807) is 0 Å². The van der Waals surface area contributed by atoms with Crippen LogP contribution in [0.15, 0.2) is 47.6 Å². The van der Waals surface area contributed by atoms with E-state index in [2.05, 4.69) is 10.5 Å². The minimum atomic E-state index is -0.512. The molecule has 22 heavy (non-hydrogen) atoms. The van der Waals surface area contributed by atoms with E-state index in [1.807, 2.05) is 31.2 Å². The maximum absolute atomic E-state index is 12.1. The molecule has 0 aliphatic carbocycles. The molecule has 0 heterocycles. The Bertz CT molecular complexity index is 754. The maximum Gasteiger partial charge on any atom is 0.273 e. The molecule has 6 nitrogen and oxygen atoms in total. The van der Waals surface area contributed by atoms with Crippen LogP contribution >= 0.6 is 0 Å². The number of carbonyl (C=O) groups excluding carboxylic acids is 1. The first-order valence-electron chi connectivity index (χ1n) is 6.63. The Labute approximate surface area is 127 Å². The Hall–Kier alpha value is -3.02. The second-order valence-electron chi connectivity index (χ2n) is 4.82. The number of aryl methyl sites for hydroxylation is 1. The fourth-order valence-electron chi connectivity index (χ4n) is 2.04. The fourth-order valence-corrected chi connectivity index (χ4v) is 2.04. The van der Waals surface area contributed by atoms with Gasteiger partial charge in [0.1, 0.15) is 0 Å². The molecule has 2 aromatic rings. The van der Waals surface area contributed by atoms with Gasteiger partial charge in [0, 0.05) is 11.6 Å². The van der Waals surface area contributed by atoms with Crippen molar-refractivity contribution in [3.8, 4) is 0 Å². The summed E-state index contributed by atoms with van der Waals surface area (Å²) in [6.07, 6.45) is 1.53. The normalized spacial score (nSPS) is 10.6. The van der Waals surface area contributed by atoms with Gasteiger partial charge >= 0.3 is 0 Å². The number of benzene rings is 2. The van der Waals surface area contributed by atoms with Crippen molar-refractivity contribution in [2.24, 2.45) is 5.10 Å². The summed E-state index contributed by atoms with van der Waals surface area (Å²) in [5.74, 6) is -0.481. The van der Waals surface area contributed by atoms with Crippen LogP contribution in [0.3, 0.4) is 0 Å². The summed E-state index contributed by atoms with van der Waals surface area (Å²) in [6, 6.07) is 12.0. The highest BCUT2D eigenvalue weighted by Crippen LogP contribution is 2.20. The highest BCUT2D eigenvalue weighted by atomic mass is 16.6. The number of hydrazone groups is 1. The summed E-state index contributed by atoms with van der Waals surface area (Å²) < 4.78 is 0. The van der Waals surface area contributed by atoms with Crippen LogP contribution in [0.25, 0.3) is 0 Å². The molecule has 0 spiro atoms. The number of nitro benzene ring substituents is 1. The zero-order chi connectivity index (χ0) is 16.1. The summed E-state index contributed by atoms with van der Waals surface area (Å²) in [4.78, 5) is 22.4. The van der Waals surface area contributed by atoms with Crippen LogP contribution in [0.1, 0.15) is 27.0 Å². The van der Waals surface area contributed by atoms with Gasteiger partial charge < -0.3 is 0 Å². The van der Waals surface area contributed by atoms with E-state index in [9.17, 15) is 14.9 Å². The molecule has 1 N–H and O–H groups in total. The minimum Gasteiger partial charge on any atom is -0.267 e. The number of nitrogens with one attached hydrogen (secondary N) is 1. The van der Waals surface area contributed by atoms with Crippen molar-refractivity contribution >= 4 is 17.8 Å². The lowest BCUT2D eigenvalue weighted by molar-refractivity contribution is -0.385. The average Bonchev–Trinajstić information content (AvgIpc) is 2.47. The maximum atomic E-state index is 12.1. The van der Waals surface area contributed by atoms with Gasteiger partial charge in [-0.1, -0.05) is 35.9 Å². The largest absolute Gasteiger partial charge is 0.273 e. The zero-order valence-electron chi connectivity index (χ0n) is 12.2. The van der Waals surface area contributed by atoms with E-state index in [4.69, 9.17) is 0 Å². The van der Waals surface area contributed by atoms with Gasteiger partial charge in [-0.05, 0) is 25.5 Å². The smallest absolute Gasteiger partial charge is 0.267 e. The van der Waals surface area contributed by atoms with E-state index >= 15 is 0 Å². The van der Waals surface area contributed by atoms with Crippen LogP contribution in [-0.2, 0) is 0 Å². The Balaban J connectivity index is 2.13. The predicted molar refractivity (Wildman–Crippen MR) is 84.1 cm³/mol. The number of rotatable bonds is 4. The molecule has 0 radical (unpaired) electrons. The number of hydrogen-bond acceptors (Lipinski definition) is 4. The van der Waals surface area contributed by atoms with Crippen LogP contribution in [0.5, 0.6) is 0 Å². The van der Waals surface area contributed by atoms with Crippen LogP contribution in [0.4, 0.5) is 5.69 Å². The van der Waals surface area contributed by atoms with Gasteiger partial charge in [-0.15, -0.1) is 0 Å². The van der Waals surface area contributed by atoms with Gasteiger partial charge in [0.15, 0.2) is 0 Å². The predicted octanol–water partition coefficient (Wildman–Crippen LogP) is 2.98. The van der Waals surface area contributed by atoms with Crippen molar-refractivity contribution in [3.05, 3.63) is 74.8 Å². The molecule has 2 rings (SSSR count). The van der Waals surface area contributed by atoms with Crippen molar-refractivity contribution in [3.63, 3.8) is 0 Å². The first-order chi connectivity index (χ1) is 10.5. The summed E-state index contributed by atoms with van der Waals surface area (Å²) in [5.41, 5.74) is 4.79. The van der Waals surface area contributed by atoms with Gasteiger partial charge in [-0.2, -0.15) is 5.10 Å². The fraction of sp³-hybridized carbons (Fsp3) is 0.125. The molecular formula is C16H15N3O3. The summed E-state index contributed by atoms with van der Waals surface area (Å²) in [5, 5.41) is 14.8. The van der Waals surface area contributed by atoms with Crippen LogP contribution < -0.4 is 5.43 Å². The van der Waals surface area contributed by atoms with E-state index in [0.29, 0.717) is 5.56 Å². The quantitative estimate of drug-likeness (QED) is 0.535. The van der Waals surface area contributed by atoms with Crippen LogP contribution in [0.2, 0.25) is 0 Å². The topological polar surface area (TPSA) is 84.6 Å². The zero-order valence-corrected chi connectivity index (χ0v) is 12.2. The van der Waals surface area contributed by atoms with E-state index in [-0.39, 0.29) is 11.3 Å². The molecule has 0 saturated carbocycles. The van der Waals surface area contributed by atoms with Crippen molar-refractivity contribution in [2.75, 3.05) is 0 Å². The SMILES string of the molecule is Cc1cccc(/C=N\NC(=O)c2cccc([N+](=O)[O-])c2C)c1. The lowest BCUT2D eigenvalue weighted by atomic mass is 10.1. The monoisotopic (exact) mass is 297 g/mol. The number of nitro groups is 1. The summed E-state index contributed by atoms with van der Waals surface area (Å²) in [6.45, 7) is 3.50. The van der Waals surface area contributed by atoms with Gasteiger partial charge in [-0.25, -0.2) is 5.43 Å². The van der Waals surface area contributed by atoms with Crippen LogP contribution in [0, 0.1) is 24.0 Å². The average molecular weight is 297 g/mol. The van der Waals surface area contributed by atoms with Crippen molar-refractivity contribution < 1.29 is 9.72 Å². The van der Waals surface area contributed by atoms with Crippen molar-refractivity contribution in [1.82, 2.24) is 5.43 Å². The first kappa shape index (κ1) is 15.4. The molecule has 0 saturated heterocycles. The second-order valence-corrected chi connectivity index (χ2v) is 4.82. The molecule has 6 heteroatoms. The molecule has 0 bridgehead atoms. The Morgan fingerprint density at radius 2 is 1.95 bits per heavy atom. The highest BCUT2D eigenvalue weighted by molar-refractivity contribution is 5.97. The molecule has 112 valence electrons. The first-order valence-corrected chi connectivity index (χ1v) is 6.63. The lowest BCUT2D eigenvalue weighted by Crippen LogP contribution is -2.19. The number of amides is 1. The van der Waals surface area contributed by atoms with Gasteiger partial charge in [-0.3, -0.25) is 14.9 Å². The molecule has 0 aliphatic heterocycles. The number of carbonyl (C=O) groups is 1. The minimum absolute atomic E-state index is 0.0877. The highest BCUT2D eigenvalue weighted by Gasteiger charge is 2.17. The second kappa shape index (κ2) is 6.62. The van der Waals surface area contributed by atoms with E-state index in [1.165, 1.54) is 31.3 Å². The molecule has 0 fully saturated rings. The number of hydrogen-bond donors (Lipinski definition) is 1. The molecular weight excluding hydrogens is 282 g/mol. The van der Waals surface area contributed by atoms with Gasteiger partial charge in [0.2, 0.25) is 0 Å². The third-order valence-electron chi connectivity index (χ3n) is 3.17.